The van der Waals surface area contributed by atoms with Crippen molar-refractivity contribution in [2.45, 2.75) is 17.1 Å². The molecule has 4 aromatic carbocycles. The molecule has 1 aromatic heterocycles. The number of carbonyl (C=O) groups excluding carboxylic acids is 2. The smallest absolute Gasteiger partial charge is 0.255 e. The summed E-state index contributed by atoms with van der Waals surface area (Å²) in [6.07, 6.45) is 0. The predicted molar refractivity (Wildman–Crippen MR) is 154 cm³/mol. The van der Waals surface area contributed by atoms with Gasteiger partial charge >= 0.3 is 0 Å². The Morgan fingerprint density at radius 3 is 2.51 bits per heavy atom. The highest BCUT2D eigenvalue weighted by Crippen LogP contribution is 2.38. The van der Waals surface area contributed by atoms with Crippen molar-refractivity contribution in [2.75, 3.05) is 10.6 Å². The minimum Gasteiger partial charge on any atom is -0.322 e. The molecule has 5 aromatic rings. The number of halogens is 1. The lowest BCUT2D eigenvalue weighted by molar-refractivity contribution is -0.115. The van der Waals surface area contributed by atoms with Gasteiger partial charge < -0.3 is 10.6 Å². The van der Waals surface area contributed by atoms with Crippen LogP contribution >= 0.6 is 34.7 Å². The molecule has 0 saturated carbocycles. The number of rotatable bonds is 7. The molecule has 0 saturated heterocycles. The molecular weight excluding hydrogens is 522 g/mol. The van der Waals surface area contributed by atoms with Crippen molar-refractivity contribution in [3.63, 3.8) is 0 Å². The molecule has 0 aliphatic carbocycles. The van der Waals surface area contributed by atoms with Gasteiger partial charge in [-0.2, -0.15) is 0 Å². The monoisotopic (exact) mass is 543 g/mol. The molecule has 8 heteroatoms. The van der Waals surface area contributed by atoms with Gasteiger partial charge in [-0.05, 0) is 66.6 Å². The van der Waals surface area contributed by atoms with Crippen molar-refractivity contribution in [1.82, 2.24) is 4.98 Å². The van der Waals surface area contributed by atoms with Gasteiger partial charge in [-0.25, -0.2) is 4.98 Å². The fraction of sp³-hybridized carbons (Fsp3) is 0.0690. The molecule has 2 N–H and O–H groups in total. The highest BCUT2D eigenvalue weighted by molar-refractivity contribution is 8.00. The van der Waals surface area contributed by atoms with Crippen molar-refractivity contribution in [3.05, 3.63) is 119 Å². The Bertz CT molecular complexity index is 1590. The number of nitrogens with one attached hydrogen (secondary N) is 2. The number of anilines is 2. The van der Waals surface area contributed by atoms with E-state index in [0.717, 1.165) is 26.2 Å². The Morgan fingerprint density at radius 1 is 0.892 bits per heavy atom. The Morgan fingerprint density at radius 2 is 1.70 bits per heavy atom. The molecule has 1 heterocycles. The molecule has 0 bridgehead atoms. The zero-order chi connectivity index (χ0) is 25.8. The zero-order valence-corrected chi connectivity index (χ0v) is 22.2. The first-order chi connectivity index (χ1) is 17.9. The Balaban J connectivity index is 1.36. The lowest BCUT2D eigenvalue weighted by atomic mass is 10.1. The summed E-state index contributed by atoms with van der Waals surface area (Å²) >= 11 is 8.89. The number of aromatic nitrogens is 1. The third-order valence-corrected chi connectivity index (χ3v) is 7.96. The van der Waals surface area contributed by atoms with Gasteiger partial charge in [0.25, 0.3) is 5.91 Å². The topological polar surface area (TPSA) is 71.1 Å². The van der Waals surface area contributed by atoms with Crippen LogP contribution in [0.5, 0.6) is 0 Å². The molecule has 0 fully saturated rings. The van der Waals surface area contributed by atoms with Crippen molar-refractivity contribution >= 4 is 67.5 Å². The molecular formula is C29H22ClN3O2S2. The summed E-state index contributed by atoms with van der Waals surface area (Å²) < 4.78 is 1.03. The number of thiazole rings is 1. The summed E-state index contributed by atoms with van der Waals surface area (Å²) in [5.41, 5.74) is 3.98. The van der Waals surface area contributed by atoms with Gasteiger partial charge in [-0.1, -0.05) is 71.5 Å². The van der Waals surface area contributed by atoms with Gasteiger partial charge in [0.05, 0.1) is 10.2 Å². The van der Waals surface area contributed by atoms with Crippen molar-refractivity contribution in [2.24, 2.45) is 0 Å². The molecule has 5 nitrogen and oxygen atoms in total. The van der Waals surface area contributed by atoms with E-state index >= 15 is 0 Å². The van der Waals surface area contributed by atoms with Crippen molar-refractivity contribution < 1.29 is 9.59 Å². The Labute approximate surface area is 227 Å². The molecule has 0 aliphatic rings. The molecule has 0 aliphatic heterocycles. The first kappa shape index (κ1) is 25.0. The number of amides is 2. The van der Waals surface area contributed by atoms with Crippen LogP contribution in [-0.4, -0.2) is 16.8 Å². The Hall–Kier alpha value is -3.65. The van der Waals surface area contributed by atoms with E-state index in [4.69, 9.17) is 11.6 Å². The maximum absolute atomic E-state index is 13.5. The summed E-state index contributed by atoms with van der Waals surface area (Å²) in [5.74, 6) is -0.423. The van der Waals surface area contributed by atoms with Crippen LogP contribution in [0, 0.1) is 6.92 Å². The van der Waals surface area contributed by atoms with Gasteiger partial charge in [0.15, 0.2) is 5.13 Å². The van der Waals surface area contributed by atoms with Crippen LogP contribution in [-0.2, 0) is 4.79 Å². The summed E-state index contributed by atoms with van der Waals surface area (Å²) in [4.78, 5) is 31.6. The van der Waals surface area contributed by atoms with E-state index in [1.807, 2.05) is 73.7 Å². The Kier molecular flexibility index (Phi) is 7.55. The van der Waals surface area contributed by atoms with Crippen LogP contribution in [0.25, 0.3) is 10.2 Å². The lowest BCUT2D eigenvalue weighted by Crippen LogP contribution is -2.19. The lowest BCUT2D eigenvalue weighted by Gasteiger charge is -2.17. The molecule has 0 radical (unpaired) electrons. The number of nitrogens with zero attached hydrogens (tertiary/aromatic N) is 1. The molecule has 1 atom stereocenters. The summed E-state index contributed by atoms with van der Waals surface area (Å²) in [7, 11) is 0. The highest BCUT2D eigenvalue weighted by atomic mass is 35.5. The summed E-state index contributed by atoms with van der Waals surface area (Å²) in [6, 6.07) is 29.9. The average molecular weight is 544 g/mol. The number of hydrogen-bond acceptors (Lipinski definition) is 5. The highest BCUT2D eigenvalue weighted by Gasteiger charge is 2.23. The van der Waals surface area contributed by atoms with Gasteiger partial charge in [0.2, 0.25) is 5.91 Å². The number of aryl methyl sites for hydroxylation is 1. The fourth-order valence-electron chi connectivity index (χ4n) is 3.77. The molecule has 37 heavy (non-hydrogen) atoms. The number of hydrogen-bond donors (Lipinski definition) is 2. The molecule has 5 rings (SSSR count). The maximum atomic E-state index is 13.5. The second kappa shape index (κ2) is 11.2. The van der Waals surface area contributed by atoms with Crippen LogP contribution < -0.4 is 10.6 Å². The van der Waals surface area contributed by atoms with Crippen LogP contribution in [0.15, 0.2) is 102 Å². The number of thioether (sulfide) groups is 1. The summed E-state index contributed by atoms with van der Waals surface area (Å²) in [5, 5.41) is 6.46. The molecule has 2 amide bonds. The van der Waals surface area contributed by atoms with E-state index in [-0.39, 0.29) is 11.8 Å². The second-order valence-corrected chi connectivity index (χ2v) is 11.0. The quantitative estimate of drug-likeness (QED) is 0.204. The van der Waals surface area contributed by atoms with Crippen molar-refractivity contribution in [3.8, 4) is 0 Å². The van der Waals surface area contributed by atoms with E-state index in [9.17, 15) is 9.59 Å². The van der Waals surface area contributed by atoms with Gasteiger partial charge in [0, 0.05) is 21.2 Å². The van der Waals surface area contributed by atoms with Crippen LogP contribution in [0.4, 0.5) is 10.8 Å². The average Bonchev–Trinajstić information content (AvgIpc) is 3.29. The van der Waals surface area contributed by atoms with Gasteiger partial charge in [-0.3, -0.25) is 9.59 Å². The zero-order valence-electron chi connectivity index (χ0n) is 19.8. The van der Waals surface area contributed by atoms with Crippen LogP contribution in [0.1, 0.15) is 26.7 Å². The third kappa shape index (κ3) is 6.20. The fourth-order valence-corrected chi connectivity index (χ4v) is 6.01. The summed E-state index contributed by atoms with van der Waals surface area (Å²) in [6.45, 7) is 2.03. The first-order valence-corrected chi connectivity index (χ1v) is 13.6. The van der Waals surface area contributed by atoms with E-state index in [1.54, 1.807) is 24.3 Å². The number of fused-ring (bicyclic) bond motifs is 1. The SMILES string of the molecule is Cc1ccc2nc(NC(=O)C(Sc3cccc(NC(=O)c4cccc(Cl)c4)c3)c3ccccc3)sc2c1. The van der Waals surface area contributed by atoms with Crippen molar-refractivity contribution in [1.29, 1.82) is 0 Å². The standard InChI is InChI=1S/C29H22ClN3O2S2/c1-18-13-14-24-25(15-18)37-29(32-24)33-28(35)26(19-7-3-2-4-8-19)36-23-12-6-11-22(17-23)31-27(34)20-9-5-10-21(30)16-20/h2-17,26H,1H3,(H,31,34)(H,32,33,35). The largest absolute Gasteiger partial charge is 0.322 e. The normalized spacial score (nSPS) is 11.7. The van der Waals surface area contributed by atoms with Gasteiger partial charge in [-0.15, -0.1) is 11.8 Å². The first-order valence-electron chi connectivity index (χ1n) is 11.5. The minimum atomic E-state index is -0.520. The number of benzene rings is 4. The van der Waals surface area contributed by atoms with E-state index in [0.29, 0.717) is 21.4 Å². The third-order valence-electron chi connectivity index (χ3n) is 5.55. The van der Waals surface area contributed by atoms with E-state index in [2.05, 4.69) is 21.7 Å². The number of carbonyl (C=O) groups is 2. The maximum Gasteiger partial charge on any atom is 0.255 e. The van der Waals surface area contributed by atoms with Gasteiger partial charge in [0.1, 0.15) is 5.25 Å². The predicted octanol–water partition coefficient (Wildman–Crippen LogP) is 7.98. The van der Waals surface area contributed by atoms with Crippen LogP contribution in [0.2, 0.25) is 5.02 Å². The molecule has 0 spiro atoms. The second-order valence-electron chi connectivity index (χ2n) is 8.38. The van der Waals surface area contributed by atoms with E-state index in [1.165, 1.54) is 23.1 Å². The molecule has 1 unspecified atom stereocenters. The van der Waals surface area contributed by atoms with E-state index < -0.39 is 5.25 Å². The molecule has 184 valence electrons. The minimum absolute atomic E-state index is 0.166. The van der Waals surface area contributed by atoms with Crippen LogP contribution in [0.3, 0.4) is 0 Å².